The maximum absolute atomic E-state index is 11.2. The van der Waals surface area contributed by atoms with E-state index in [0.29, 0.717) is 26.1 Å². The molecule has 0 saturated heterocycles. The van der Waals surface area contributed by atoms with Gasteiger partial charge in [-0.25, -0.2) is 0 Å². The summed E-state index contributed by atoms with van der Waals surface area (Å²) in [6.07, 6.45) is 0.0620. The fraction of sp³-hybridized carbons (Fsp3) is 0.909. The number of nitrogens with zero attached hydrogens (tertiary/aromatic N) is 1. The van der Waals surface area contributed by atoms with E-state index in [2.05, 4.69) is 5.32 Å². The molecule has 0 spiro atoms. The molecular formula is C11H24N2O3. The van der Waals surface area contributed by atoms with E-state index in [-0.39, 0.29) is 12.0 Å². The molecule has 1 unspecified atom stereocenters. The van der Waals surface area contributed by atoms with Gasteiger partial charge in [-0.1, -0.05) is 0 Å². The third-order valence-electron chi connectivity index (χ3n) is 2.02. The number of aliphatic hydroxyl groups excluding tert-OH is 1. The molecule has 0 bridgehead atoms. The van der Waals surface area contributed by atoms with Crippen molar-refractivity contribution >= 4 is 5.91 Å². The molecule has 0 aliphatic rings. The lowest BCUT2D eigenvalue weighted by Gasteiger charge is -2.15. The summed E-state index contributed by atoms with van der Waals surface area (Å²) in [6.45, 7) is 5.21. The van der Waals surface area contributed by atoms with Gasteiger partial charge in [0, 0.05) is 33.6 Å². The van der Waals surface area contributed by atoms with Crippen molar-refractivity contribution < 1.29 is 14.6 Å². The van der Waals surface area contributed by atoms with E-state index >= 15 is 0 Å². The second-order valence-electron chi connectivity index (χ2n) is 4.28. The van der Waals surface area contributed by atoms with Crippen molar-refractivity contribution in [3.05, 3.63) is 0 Å². The van der Waals surface area contributed by atoms with Gasteiger partial charge in [0.2, 0.25) is 5.91 Å². The van der Waals surface area contributed by atoms with Crippen LogP contribution in [0, 0.1) is 0 Å². The Balaban J connectivity index is 3.41. The Kier molecular flexibility index (Phi) is 8.15. The standard InChI is InChI=1S/C11H24N2O3/c1-9(2)16-8-10(14)7-12-6-5-11(15)13(3)4/h9-10,12,14H,5-8H2,1-4H3. The Bertz CT molecular complexity index is 196. The number of hydrogen-bond donors (Lipinski definition) is 2. The highest BCUT2D eigenvalue weighted by atomic mass is 16.5. The summed E-state index contributed by atoms with van der Waals surface area (Å²) in [7, 11) is 3.46. The van der Waals surface area contributed by atoms with Gasteiger partial charge in [-0.2, -0.15) is 0 Å². The van der Waals surface area contributed by atoms with Crippen LogP contribution >= 0.6 is 0 Å². The summed E-state index contributed by atoms with van der Waals surface area (Å²) in [6, 6.07) is 0. The number of carbonyl (C=O) groups excluding carboxylic acids is 1. The second-order valence-corrected chi connectivity index (χ2v) is 4.28. The molecule has 0 rings (SSSR count). The first kappa shape index (κ1) is 15.3. The average Bonchev–Trinajstić information content (AvgIpc) is 2.20. The van der Waals surface area contributed by atoms with Gasteiger partial charge in [-0.3, -0.25) is 4.79 Å². The number of aliphatic hydroxyl groups is 1. The molecule has 0 radical (unpaired) electrons. The van der Waals surface area contributed by atoms with E-state index in [1.54, 1.807) is 19.0 Å². The largest absolute Gasteiger partial charge is 0.389 e. The lowest BCUT2D eigenvalue weighted by Crippen LogP contribution is -2.34. The first-order valence-corrected chi connectivity index (χ1v) is 5.64. The van der Waals surface area contributed by atoms with Crippen LogP contribution in [0.15, 0.2) is 0 Å². The van der Waals surface area contributed by atoms with Gasteiger partial charge in [-0.05, 0) is 13.8 Å². The molecule has 96 valence electrons. The van der Waals surface area contributed by atoms with Crippen LogP contribution in [-0.4, -0.2) is 61.9 Å². The number of carbonyl (C=O) groups is 1. The van der Waals surface area contributed by atoms with Gasteiger partial charge in [0.05, 0.1) is 18.8 Å². The van der Waals surface area contributed by atoms with Crippen LogP contribution in [0.1, 0.15) is 20.3 Å². The second kappa shape index (κ2) is 8.50. The van der Waals surface area contributed by atoms with Crippen LogP contribution in [0.5, 0.6) is 0 Å². The van der Waals surface area contributed by atoms with Crippen molar-refractivity contribution in [3.8, 4) is 0 Å². The molecule has 2 N–H and O–H groups in total. The molecule has 0 saturated carbocycles. The Labute approximate surface area is 97.8 Å². The molecule has 0 aromatic heterocycles. The van der Waals surface area contributed by atoms with Crippen LogP contribution in [0.2, 0.25) is 0 Å². The molecule has 1 amide bonds. The molecular weight excluding hydrogens is 208 g/mol. The Morgan fingerprint density at radius 2 is 2.06 bits per heavy atom. The maximum atomic E-state index is 11.2. The molecule has 0 fully saturated rings. The number of rotatable bonds is 8. The van der Waals surface area contributed by atoms with E-state index in [9.17, 15) is 9.90 Å². The number of hydrogen-bond acceptors (Lipinski definition) is 4. The van der Waals surface area contributed by atoms with Crippen molar-refractivity contribution in [2.75, 3.05) is 33.8 Å². The highest BCUT2D eigenvalue weighted by Crippen LogP contribution is 1.91. The van der Waals surface area contributed by atoms with E-state index in [4.69, 9.17) is 4.74 Å². The zero-order valence-electron chi connectivity index (χ0n) is 10.7. The normalized spacial score (nSPS) is 12.9. The van der Waals surface area contributed by atoms with E-state index in [0.717, 1.165) is 0 Å². The number of amides is 1. The van der Waals surface area contributed by atoms with Crippen LogP contribution in [0.25, 0.3) is 0 Å². The lowest BCUT2D eigenvalue weighted by atomic mass is 10.3. The highest BCUT2D eigenvalue weighted by molar-refractivity contribution is 5.75. The number of ether oxygens (including phenoxy) is 1. The SMILES string of the molecule is CC(C)OCC(O)CNCCC(=O)N(C)C. The molecule has 0 heterocycles. The maximum Gasteiger partial charge on any atom is 0.223 e. The lowest BCUT2D eigenvalue weighted by molar-refractivity contribution is -0.128. The molecule has 0 aromatic carbocycles. The summed E-state index contributed by atoms with van der Waals surface area (Å²) in [5, 5.41) is 12.5. The van der Waals surface area contributed by atoms with Crippen molar-refractivity contribution in [1.82, 2.24) is 10.2 Å². The van der Waals surface area contributed by atoms with Gasteiger partial charge >= 0.3 is 0 Å². The van der Waals surface area contributed by atoms with Crippen molar-refractivity contribution in [2.45, 2.75) is 32.5 Å². The van der Waals surface area contributed by atoms with Gasteiger partial charge in [0.25, 0.3) is 0 Å². The first-order valence-electron chi connectivity index (χ1n) is 5.64. The average molecular weight is 232 g/mol. The smallest absolute Gasteiger partial charge is 0.223 e. The van der Waals surface area contributed by atoms with Crippen molar-refractivity contribution in [3.63, 3.8) is 0 Å². The van der Waals surface area contributed by atoms with Crippen molar-refractivity contribution in [2.24, 2.45) is 0 Å². The molecule has 5 nitrogen and oxygen atoms in total. The van der Waals surface area contributed by atoms with Crippen LogP contribution < -0.4 is 5.32 Å². The summed E-state index contributed by atoms with van der Waals surface area (Å²) >= 11 is 0. The summed E-state index contributed by atoms with van der Waals surface area (Å²) in [4.78, 5) is 12.8. The van der Waals surface area contributed by atoms with Crippen LogP contribution in [0.3, 0.4) is 0 Å². The fourth-order valence-corrected chi connectivity index (χ4v) is 1.05. The minimum atomic E-state index is -0.517. The Morgan fingerprint density at radius 1 is 1.44 bits per heavy atom. The quantitative estimate of drug-likeness (QED) is 0.571. The van der Waals surface area contributed by atoms with Crippen molar-refractivity contribution in [1.29, 1.82) is 0 Å². The Hall–Kier alpha value is -0.650. The molecule has 16 heavy (non-hydrogen) atoms. The summed E-state index contributed by atoms with van der Waals surface area (Å²) < 4.78 is 5.25. The highest BCUT2D eigenvalue weighted by Gasteiger charge is 2.06. The fourth-order valence-electron chi connectivity index (χ4n) is 1.05. The molecule has 5 heteroatoms. The molecule has 0 aliphatic heterocycles. The molecule has 1 atom stereocenters. The third-order valence-corrected chi connectivity index (χ3v) is 2.02. The Morgan fingerprint density at radius 3 is 2.56 bits per heavy atom. The minimum Gasteiger partial charge on any atom is -0.389 e. The minimum absolute atomic E-state index is 0.0837. The van der Waals surface area contributed by atoms with E-state index in [1.165, 1.54) is 0 Å². The zero-order chi connectivity index (χ0) is 12.6. The summed E-state index contributed by atoms with van der Waals surface area (Å²) in [5.41, 5.74) is 0. The van der Waals surface area contributed by atoms with Crippen LogP contribution in [0.4, 0.5) is 0 Å². The van der Waals surface area contributed by atoms with E-state index in [1.807, 2.05) is 13.8 Å². The first-order chi connectivity index (χ1) is 7.43. The van der Waals surface area contributed by atoms with E-state index < -0.39 is 6.10 Å². The predicted molar refractivity (Wildman–Crippen MR) is 63.3 cm³/mol. The zero-order valence-corrected chi connectivity index (χ0v) is 10.7. The predicted octanol–water partition coefficient (Wildman–Crippen LogP) is -0.160. The number of nitrogens with one attached hydrogen (secondary N) is 1. The van der Waals surface area contributed by atoms with Crippen LogP contribution in [-0.2, 0) is 9.53 Å². The topological polar surface area (TPSA) is 61.8 Å². The monoisotopic (exact) mass is 232 g/mol. The van der Waals surface area contributed by atoms with Gasteiger partial charge in [-0.15, -0.1) is 0 Å². The molecule has 0 aliphatic carbocycles. The molecule has 0 aromatic rings. The van der Waals surface area contributed by atoms with Gasteiger partial charge in [0.1, 0.15) is 0 Å². The van der Waals surface area contributed by atoms with Gasteiger partial charge < -0.3 is 20.1 Å². The third kappa shape index (κ3) is 8.64. The summed E-state index contributed by atoms with van der Waals surface area (Å²) in [5.74, 6) is 0.0837. The van der Waals surface area contributed by atoms with Gasteiger partial charge in [0.15, 0.2) is 0 Å².